The highest BCUT2D eigenvalue weighted by molar-refractivity contribution is 6.09. The van der Waals surface area contributed by atoms with Gasteiger partial charge >= 0.3 is 0 Å². The number of aliphatic hydroxyl groups is 4. The minimum atomic E-state index is -1.96. The number of hydrogen-bond donors (Lipinski definition) is 15. The normalized spacial score (nSPS) is 18.7. The molecule has 68 heavy (non-hydrogen) atoms. The summed E-state index contributed by atoms with van der Waals surface area (Å²) < 4.78 is 27.9. The standard InChI is InChI=1S/C45H30O23/c46-9-23-34(56)40(62)41(63)45(68-23)67-19-2-1-13(48)42-29(19)38(60)27-21(65-42)7-15(50)24(35(27)57)12-6-18(53)44-31(33(12)55)39(61)28-22(66-44)8-16(51)25(36(28)58)11-5-17(52)43-30(32(11)54)37(59)26-14(49)3-10(47)4-20(26)64-43/h1-8,23,34,40-41,45-58,62-63H,9H2/t23-,34-,40+,41-,45-/m1/s1. The zero-order valence-electron chi connectivity index (χ0n) is 33.7. The van der Waals surface area contributed by atoms with Crippen LogP contribution in [0.4, 0.5) is 0 Å². The van der Waals surface area contributed by atoms with E-state index in [1.807, 2.05) is 0 Å². The van der Waals surface area contributed by atoms with Gasteiger partial charge in [0.25, 0.3) is 0 Å². The van der Waals surface area contributed by atoms with Gasteiger partial charge in [-0.15, -0.1) is 0 Å². The second kappa shape index (κ2) is 14.8. The van der Waals surface area contributed by atoms with Crippen LogP contribution < -0.4 is 21.0 Å². The Morgan fingerprint density at radius 1 is 0.456 bits per heavy atom. The first-order valence-corrected chi connectivity index (χ1v) is 19.7. The summed E-state index contributed by atoms with van der Waals surface area (Å²) in [6.07, 6.45) is -8.93. The predicted molar refractivity (Wildman–Crippen MR) is 231 cm³/mol. The number of phenols is 11. The van der Waals surface area contributed by atoms with Gasteiger partial charge in [-0.1, -0.05) is 0 Å². The summed E-state index contributed by atoms with van der Waals surface area (Å²) in [5.74, 6) is -10.8. The lowest BCUT2D eigenvalue weighted by Gasteiger charge is -2.39. The van der Waals surface area contributed by atoms with Crippen molar-refractivity contribution in [1.82, 2.24) is 0 Å². The Balaban J connectivity index is 1.17. The van der Waals surface area contributed by atoms with E-state index in [0.717, 1.165) is 42.5 Å². The molecule has 4 heterocycles. The summed E-state index contributed by atoms with van der Waals surface area (Å²) in [5, 5.41) is 158. The van der Waals surface area contributed by atoms with Crippen molar-refractivity contribution >= 4 is 65.8 Å². The van der Waals surface area contributed by atoms with Crippen LogP contribution in [0.25, 0.3) is 88.1 Å². The molecule has 0 radical (unpaired) electrons. The molecule has 348 valence electrons. The Hall–Kier alpha value is -8.87. The second-order valence-electron chi connectivity index (χ2n) is 15.7. The molecular formula is C45H30O23. The van der Waals surface area contributed by atoms with E-state index in [4.69, 9.17) is 22.7 Å². The van der Waals surface area contributed by atoms with Crippen molar-refractivity contribution in [2.75, 3.05) is 6.61 Å². The van der Waals surface area contributed by atoms with Crippen molar-refractivity contribution in [3.63, 3.8) is 0 Å². The van der Waals surface area contributed by atoms with Crippen molar-refractivity contribution in [3.8, 4) is 91.2 Å². The maximum atomic E-state index is 14.4. The maximum absolute atomic E-state index is 14.4. The van der Waals surface area contributed by atoms with Crippen LogP contribution in [0.2, 0.25) is 0 Å². The van der Waals surface area contributed by atoms with Crippen LogP contribution in [-0.4, -0.2) is 114 Å². The fraction of sp³-hybridized carbons (Fsp3) is 0.133. The van der Waals surface area contributed by atoms with E-state index in [2.05, 4.69) is 0 Å². The Kier molecular flexibility index (Phi) is 9.38. The SMILES string of the molecule is O=c1c2c(O)c(-c3cc(O)c4oc5cc(O)c(-c6cc(O)c7oc8cc(O)cc(O)c8c(=O)c7c6O)c(O)c5c(=O)c4c3O)c(O)cc2oc2c(O)ccc(O[C@@H]3O[C@H](CO)[C@@H](O)[C@H](O)[C@H]3O)c12. The van der Waals surface area contributed by atoms with Gasteiger partial charge in [0.1, 0.15) is 125 Å². The van der Waals surface area contributed by atoms with E-state index in [-0.39, 0.29) is 0 Å². The maximum Gasteiger partial charge on any atom is 0.229 e. The zero-order chi connectivity index (χ0) is 48.7. The predicted octanol–water partition coefficient (Wildman–Crippen LogP) is 2.74. The van der Waals surface area contributed by atoms with Crippen LogP contribution in [0.5, 0.6) is 69.0 Å². The van der Waals surface area contributed by atoms with Gasteiger partial charge in [0.15, 0.2) is 34.0 Å². The zero-order valence-corrected chi connectivity index (χ0v) is 33.7. The molecule has 0 aliphatic carbocycles. The third-order valence-electron chi connectivity index (χ3n) is 11.7. The van der Waals surface area contributed by atoms with Crippen LogP contribution >= 0.6 is 0 Å². The molecule has 0 amide bonds. The van der Waals surface area contributed by atoms with Gasteiger partial charge in [-0.3, -0.25) is 14.4 Å². The van der Waals surface area contributed by atoms with Crippen LogP contribution in [0, 0.1) is 0 Å². The third kappa shape index (κ3) is 5.94. The van der Waals surface area contributed by atoms with Gasteiger partial charge in [-0.25, -0.2) is 0 Å². The summed E-state index contributed by atoms with van der Waals surface area (Å²) >= 11 is 0. The van der Waals surface area contributed by atoms with Gasteiger partial charge < -0.3 is 99.3 Å². The molecule has 1 aliphatic rings. The highest BCUT2D eigenvalue weighted by Gasteiger charge is 2.45. The molecule has 0 saturated carbocycles. The van der Waals surface area contributed by atoms with Crippen molar-refractivity contribution in [3.05, 3.63) is 79.2 Å². The van der Waals surface area contributed by atoms with Crippen LogP contribution in [0.15, 0.2) is 76.2 Å². The molecule has 6 aromatic carbocycles. The second-order valence-corrected chi connectivity index (χ2v) is 15.7. The topological polar surface area (TPSA) is 413 Å². The monoisotopic (exact) mass is 938 g/mol. The summed E-state index contributed by atoms with van der Waals surface area (Å²) in [7, 11) is 0. The molecular weight excluding hydrogens is 908 g/mol. The van der Waals surface area contributed by atoms with Gasteiger partial charge in [0.05, 0.1) is 17.7 Å². The lowest BCUT2D eigenvalue weighted by Crippen LogP contribution is -2.60. The third-order valence-corrected chi connectivity index (χ3v) is 11.7. The van der Waals surface area contributed by atoms with Gasteiger partial charge in [-0.05, 0) is 24.3 Å². The number of phenolic OH excluding ortho intramolecular Hbond substituents is 11. The van der Waals surface area contributed by atoms with E-state index in [9.17, 15) is 91.0 Å². The van der Waals surface area contributed by atoms with E-state index < -0.39 is 211 Å². The molecule has 1 saturated heterocycles. The number of fused-ring (bicyclic) bond motifs is 6. The van der Waals surface area contributed by atoms with Gasteiger partial charge in [0.2, 0.25) is 22.6 Å². The molecule has 1 aliphatic heterocycles. The molecule has 0 spiro atoms. The minimum absolute atomic E-state index is 0.401. The fourth-order valence-electron chi connectivity index (χ4n) is 8.55. The average Bonchev–Trinajstić information content (AvgIpc) is 3.27. The van der Waals surface area contributed by atoms with Crippen molar-refractivity contribution in [2.45, 2.75) is 30.7 Å². The number of hydrogen-bond acceptors (Lipinski definition) is 23. The van der Waals surface area contributed by atoms with Crippen LogP contribution in [0.3, 0.4) is 0 Å². The van der Waals surface area contributed by atoms with Gasteiger partial charge in [-0.2, -0.15) is 0 Å². The number of aromatic hydroxyl groups is 11. The van der Waals surface area contributed by atoms with Crippen LogP contribution in [-0.2, 0) is 4.74 Å². The number of ether oxygens (including phenoxy) is 2. The lowest BCUT2D eigenvalue weighted by molar-refractivity contribution is -0.277. The Morgan fingerprint density at radius 2 is 0.926 bits per heavy atom. The molecule has 23 nitrogen and oxygen atoms in total. The highest BCUT2D eigenvalue weighted by atomic mass is 16.7. The molecule has 0 unspecified atom stereocenters. The summed E-state index contributed by atoms with van der Waals surface area (Å²) in [4.78, 5) is 42.3. The smallest absolute Gasteiger partial charge is 0.229 e. The molecule has 0 bridgehead atoms. The lowest BCUT2D eigenvalue weighted by atomic mass is 9.94. The van der Waals surface area contributed by atoms with Gasteiger partial charge in [0, 0.05) is 35.4 Å². The molecule has 5 atom stereocenters. The number of aliphatic hydroxyl groups excluding tert-OH is 4. The molecule has 9 aromatic rings. The molecule has 3 aromatic heterocycles. The molecule has 15 N–H and O–H groups in total. The highest BCUT2D eigenvalue weighted by Crippen LogP contribution is 2.53. The average molecular weight is 939 g/mol. The van der Waals surface area contributed by atoms with Crippen molar-refractivity contribution in [1.29, 1.82) is 0 Å². The first-order valence-electron chi connectivity index (χ1n) is 19.7. The molecule has 10 rings (SSSR count). The Labute approximate surface area is 372 Å². The fourth-order valence-corrected chi connectivity index (χ4v) is 8.55. The number of benzene rings is 6. The van der Waals surface area contributed by atoms with E-state index in [1.54, 1.807) is 0 Å². The van der Waals surface area contributed by atoms with Crippen LogP contribution in [0.1, 0.15) is 0 Å². The summed E-state index contributed by atoms with van der Waals surface area (Å²) in [6.45, 7) is -0.836. The van der Waals surface area contributed by atoms with E-state index >= 15 is 0 Å². The first-order chi connectivity index (χ1) is 32.2. The Bertz CT molecular complexity index is 3900. The van der Waals surface area contributed by atoms with Crippen molar-refractivity contribution in [2.24, 2.45) is 0 Å². The van der Waals surface area contributed by atoms with Crippen molar-refractivity contribution < 1.29 is 99.3 Å². The van der Waals surface area contributed by atoms with E-state index in [1.165, 1.54) is 0 Å². The molecule has 23 heteroatoms. The summed E-state index contributed by atoms with van der Waals surface area (Å²) in [5.41, 5.74) is -10.5. The first kappa shape index (κ1) is 43.0. The summed E-state index contributed by atoms with van der Waals surface area (Å²) in [6, 6.07) is 6.69. The largest absolute Gasteiger partial charge is 0.508 e. The van der Waals surface area contributed by atoms with E-state index in [0.29, 0.717) is 6.07 Å². The minimum Gasteiger partial charge on any atom is -0.508 e. The molecule has 1 fully saturated rings. The number of rotatable bonds is 5. The quantitative estimate of drug-likeness (QED) is 0.0871. The Morgan fingerprint density at radius 3 is 1.44 bits per heavy atom.